The molecule has 0 aromatic heterocycles. The molecule has 0 nitrogen and oxygen atoms in total. The molecular formula is C20H20SiZr. The maximum absolute atomic E-state index is 2.52. The minimum absolute atomic E-state index is 0. The number of rotatable bonds is 2. The van der Waals surface area contributed by atoms with Crippen molar-refractivity contribution >= 4 is 20.2 Å². The molecule has 0 N–H and O–H groups in total. The van der Waals surface area contributed by atoms with Crippen LogP contribution in [0.15, 0.2) is 58.9 Å². The molecule has 2 aromatic carbocycles. The van der Waals surface area contributed by atoms with Gasteiger partial charge in [-0.1, -0.05) is 84.2 Å². The van der Waals surface area contributed by atoms with Gasteiger partial charge in [0.05, 0.1) is 0 Å². The summed E-state index contributed by atoms with van der Waals surface area (Å²) in [6.07, 6.45) is 7.24. The van der Waals surface area contributed by atoms with Crippen molar-refractivity contribution in [3.05, 3.63) is 81.2 Å². The second-order valence-electron chi connectivity index (χ2n) is 6.72. The Balaban J connectivity index is 0.00000144. The Hall–Kier alpha value is -0.980. The van der Waals surface area contributed by atoms with Crippen LogP contribution in [0.3, 0.4) is 0 Å². The van der Waals surface area contributed by atoms with E-state index in [4.69, 9.17) is 0 Å². The Morgan fingerprint density at radius 2 is 1.09 bits per heavy atom. The molecule has 22 heavy (non-hydrogen) atoms. The van der Waals surface area contributed by atoms with Crippen molar-refractivity contribution in [1.29, 1.82) is 0 Å². The molecule has 0 amide bonds. The number of benzene rings is 2. The molecule has 0 saturated heterocycles. The van der Waals surface area contributed by atoms with Crippen molar-refractivity contribution in [2.75, 3.05) is 0 Å². The summed E-state index contributed by atoms with van der Waals surface area (Å²) < 4.78 is 0. The Bertz CT molecular complexity index is 718. The monoisotopic (exact) mass is 378 g/mol. The minimum Gasteiger partial charge on any atom is -0.0715 e. The molecule has 0 fully saturated rings. The van der Waals surface area contributed by atoms with E-state index < -0.39 is 8.07 Å². The van der Waals surface area contributed by atoms with E-state index in [1.54, 1.807) is 10.4 Å². The quantitative estimate of drug-likeness (QED) is 0.641. The predicted molar refractivity (Wildman–Crippen MR) is 93.7 cm³/mol. The summed E-state index contributed by atoms with van der Waals surface area (Å²) in [6.45, 7) is 5.03. The maximum atomic E-state index is 2.52. The van der Waals surface area contributed by atoms with Crippen molar-refractivity contribution in [3.8, 4) is 0 Å². The third-order valence-electron chi connectivity index (χ3n) is 5.14. The van der Waals surface area contributed by atoms with Crippen molar-refractivity contribution in [2.24, 2.45) is 0 Å². The van der Waals surface area contributed by atoms with Crippen LogP contribution in [0.1, 0.15) is 22.3 Å². The van der Waals surface area contributed by atoms with Gasteiger partial charge in [0, 0.05) is 26.2 Å². The van der Waals surface area contributed by atoms with Crippen molar-refractivity contribution in [2.45, 2.75) is 25.9 Å². The van der Waals surface area contributed by atoms with Gasteiger partial charge in [-0.25, -0.2) is 0 Å². The van der Waals surface area contributed by atoms with E-state index in [9.17, 15) is 0 Å². The third kappa shape index (κ3) is 2.57. The van der Waals surface area contributed by atoms with Gasteiger partial charge in [-0.15, -0.1) is 0 Å². The molecule has 4 rings (SSSR count). The fourth-order valence-corrected chi connectivity index (χ4v) is 6.28. The van der Waals surface area contributed by atoms with Crippen LogP contribution in [0.4, 0.5) is 0 Å². The molecule has 2 aliphatic carbocycles. The maximum Gasteiger partial charge on any atom is 0.103 e. The molecule has 0 unspecified atom stereocenters. The Morgan fingerprint density at radius 1 is 0.682 bits per heavy atom. The smallest absolute Gasteiger partial charge is 0.0715 e. The standard InChI is InChI=1S/C20H20Si.Zr/c1-21(2,19-11-15-7-3-4-8-16(15)12-19)20-13-17-9-5-6-10-18(17)14-20;/h3-11,13H,12,14H2,1-2H3;. The van der Waals surface area contributed by atoms with Crippen molar-refractivity contribution in [3.63, 3.8) is 0 Å². The summed E-state index contributed by atoms with van der Waals surface area (Å²) in [4.78, 5) is 0. The first-order valence-electron chi connectivity index (χ1n) is 7.72. The van der Waals surface area contributed by atoms with Gasteiger partial charge in [-0.3, -0.25) is 0 Å². The third-order valence-corrected chi connectivity index (χ3v) is 8.99. The normalized spacial score (nSPS) is 15.5. The molecule has 2 aliphatic rings. The van der Waals surface area contributed by atoms with E-state index in [1.165, 1.54) is 22.3 Å². The number of allylic oxidation sites excluding steroid dienone is 2. The first kappa shape index (κ1) is 15.9. The van der Waals surface area contributed by atoms with Crippen LogP contribution in [0.2, 0.25) is 13.1 Å². The van der Waals surface area contributed by atoms with Crippen LogP contribution in [0, 0.1) is 0 Å². The molecule has 108 valence electrons. The van der Waals surface area contributed by atoms with Crippen molar-refractivity contribution < 1.29 is 26.2 Å². The average Bonchev–Trinajstić information content (AvgIpc) is 3.11. The molecule has 0 bridgehead atoms. The molecule has 0 saturated carbocycles. The van der Waals surface area contributed by atoms with E-state index in [-0.39, 0.29) is 26.2 Å². The largest absolute Gasteiger partial charge is 0.103 e. The zero-order valence-electron chi connectivity index (χ0n) is 13.2. The van der Waals surface area contributed by atoms with Crippen LogP contribution in [-0.2, 0) is 39.0 Å². The molecule has 2 heteroatoms. The summed E-state index contributed by atoms with van der Waals surface area (Å²) in [5.74, 6) is 0. The zero-order chi connectivity index (χ0) is 14.4. The van der Waals surface area contributed by atoms with Gasteiger partial charge in [-0.05, 0) is 35.1 Å². The van der Waals surface area contributed by atoms with Crippen LogP contribution >= 0.6 is 0 Å². The zero-order valence-corrected chi connectivity index (χ0v) is 16.6. The summed E-state index contributed by atoms with van der Waals surface area (Å²) in [6, 6.07) is 17.7. The fraction of sp³-hybridized carbons (Fsp3) is 0.200. The molecule has 0 radical (unpaired) electrons. The second-order valence-corrected chi connectivity index (χ2v) is 11.2. The van der Waals surface area contributed by atoms with Crippen LogP contribution < -0.4 is 0 Å². The Morgan fingerprint density at radius 3 is 1.50 bits per heavy atom. The average molecular weight is 380 g/mol. The molecule has 0 aliphatic heterocycles. The first-order valence-corrected chi connectivity index (χ1v) is 10.7. The molecule has 2 aromatic rings. The molecule has 0 heterocycles. The fourth-order valence-electron chi connectivity index (χ4n) is 3.57. The van der Waals surface area contributed by atoms with Gasteiger partial charge in [0.1, 0.15) is 8.07 Å². The topological polar surface area (TPSA) is 0 Å². The van der Waals surface area contributed by atoms with Gasteiger partial charge in [0.15, 0.2) is 0 Å². The van der Waals surface area contributed by atoms with E-state index in [2.05, 4.69) is 73.8 Å². The van der Waals surface area contributed by atoms with E-state index >= 15 is 0 Å². The van der Waals surface area contributed by atoms with E-state index in [0.29, 0.717) is 0 Å². The van der Waals surface area contributed by atoms with E-state index in [1.807, 2.05) is 0 Å². The van der Waals surface area contributed by atoms with Gasteiger partial charge < -0.3 is 0 Å². The van der Waals surface area contributed by atoms with Gasteiger partial charge in [-0.2, -0.15) is 0 Å². The van der Waals surface area contributed by atoms with Crippen LogP contribution in [0.25, 0.3) is 12.2 Å². The second kappa shape index (κ2) is 5.91. The molecular weight excluding hydrogens is 360 g/mol. The van der Waals surface area contributed by atoms with Gasteiger partial charge in [0.25, 0.3) is 0 Å². The van der Waals surface area contributed by atoms with Crippen LogP contribution in [-0.4, -0.2) is 8.07 Å². The van der Waals surface area contributed by atoms with Gasteiger partial charge in [0.2, 0.25) is 0 Å². The summed E-state index contributed by atoms with van der Waals surface area (Å²) in [7, 11) is -1.51. The predicted octanol–water partition coefficient (Wildman–Crippen LogP) is 5.05. The number of hydrogen-bond donors (Lipinski definition) is 0. The van der Waals surface area contributed by atoms with Crippen molar-refractivity contribution in [1.82, 2.24) is 0 Å². The van der Waals surface area contributed by atoms with Gasteiger partial charge >= 0.3 is 0 Å². The Labute approximate surface area is 153 Å². The minimum atomic E-state index is -1.51. The number of hydrogen-bond acceptors (Lipinski definition) is 0. The first-order chi connectivity index (χ1) is 10.1. The molecule has 0 spiro atoms. The number of fused-ring (bicyclic) bond motifs is 2. The summed E-state index contributed by atoms with van der Waals surface area (Å²) >= 11 is 0. The summed E-state index contributed by atoms with van der Waals surface area (Å²) in [5.41, 5.74) is 5.88. The van der Waals surface area contributed by atoms with Crippen LogP contribution in [0.5, 0.6) is 0 Å². The summed E-state index contributed by atoms with van der Waals surface area (Å²) in [5, 5.41) is 3.37. The van der Waals surface area contributed by atoms with E-state index in [0.717, 1.165) is 12.8 Å². The SMILES string of the molecule is C[Si](C)(C1=Cc2ccccc2C1)C1=Cc2ccccc2C1.[Zr]. The Kier molecular flexibility index (Phi) is 4.27. The molecule has 0 atom stereocenters.